The van der Waals surface area contributed by atoms with E-state index >= 15 is 0 Å². The predicted molar refractivity (Wildman–Crippen MR) is 65.8 cm³/mol. The number of carbonyl (C=O) groups is 1. The maximum atomic E-state index is 12.6. The Morgan fingerprint density at radius 2 is 2.06 bits per heavy atom. The van der Waals surface area contributed by atoms with Crippen LogP contribution in [0.5, 0.6) is 0 Å². The second-order valence-corrected chi connectivity index (χ2v) is 4.52. The van der Waals surface area contributed by atoms with E-state index in [-0.39, 0.29) is 17.8 Å². The zero-order chi connectivity index (χ0) is 12.3. The first kappa shape index (κ1) is 11.8. The fourth-order valence-corrected chi connectivity index (χ4v) is 1.73. The lowest BCUT2D eigenvalue weighted by Crippen LogP contribution is -2.32. The maximum absolute atomic E-state index is 12.6. The van der Waals surface area contributed by atoms with E-state index in [1.165, 1.54) is 31.1 Å². The summed E-state index contributed by atoms with van der Waals surface area (Å²) in [6.07, 6.45) is 5.60. The molecule has 0 bridgehead atoms. The summed E-state index contributed by atoms with van der Waals surface area (Å²) in [5.74, 6) is 0.292. The molecule has 0 aromatic heterocycles. The van der Waals surface area contributed by atoms with Crippen molar-refractivity contribution >= 4 is 12.0 Å². The Kier molecular flexibility index (Phi) is 3.57. The largest absolute Gasteiger partial charge is 0.350 e. The van der Waals surface area contributed by atoms with E-state index in [9.17, 15) is 9.18 Å². The van der Waals surface area contributed by atoms with Crippen LogP contribution in [-0.4, -0.2) is 11.9 Å². The molecule has 1 amide bonds. The molecule has 1 atom stereocenters. The molecule has 1 unspecified atom stereocenters. The van der Waals surface area contributed by atoms with Gasteiger partial charge in [0.25, 0.3) is 0 Å². The Labute approximate surface area is 101 Å². The lowest BCUT2D eigenvalue weighted by Gasteiger charge is -2.10. The summed E-state index contributed by atoms with van der Waals surface area (Å²) in [6, 6.07) is 6.29. The van der Waals surface area contributed by atoms with Crippen LogP contribution in [0.1, 0.15) is 25.3 Å². The van der Waals surface area contributed by atoms with Crippen LogP contribution in [0.25, 0.3) is 6.08 Å². The van der Waals surface area contributed by atoms with Crippen LogP contribution in [0, 0.1) is 11.7 Å². The zero-order valence-electron chi connectivity index (χ0n) is 9.82. The predicted octanol–water partition coefficient (Wildman–Crippen LogP) is 2.75. The van der Waals surface area contributed by atoms with E-state index in [1.54, 1.807) is 18.2 Å². The Balaban J connectivity index is 1.86. The van der Waals surface area contributed by atoms with Gasteiger partial charge in [0, 0.05) is 12.1 Å². The third kappa shape index (κ3) is 3.70. The summed E-state index contributed by atoms with van der Waals surface area (Å²) >= 11 is 0. The number of halogens is 1. The molecule has 0 aliphatic heterocycles. The molecule has 1 N–H and O–H groups in total. The molecule has 1 aromatic rings. The van der Waals surface area contributed by atoms with Crippen molar-refractivity contribution in [3.63, 3.8) is 0 Å². The van der Waals surface area contributed by atoms with Gasteiger partial charge in [-0.25, -0.2) is 4.39 Å². The first-order chi connectivity index (χ1) is 8.15. The van der Waals surface area contributed by atoms with Gasteiger partial charge in [0.1, 0.15) is 5.82 Å². The molecule has 0 heterocycles. The highest BCUT2D eigenvalue weighted by molar-refractivity contribution is 5.91. The zero-order valence-corrected chi connectivity index (χ0v) is 9.82. The fraction of sp³-hybridized carbons (Fsp3) is 0.357. The normalized spacial score (nSPS) is 17.1. The highest BCUT2D eigenvalue weighted by Crippen LogP contribution is 2.32. The van der Waals surface area contributed by atoms with Crippen molar-refractivity contribution in [2.75, 3.05) is 0 Å². The van der Waals surface area contributed by atoms with E-state index in [2.05, 4.69) is 5.32 Å². The van der Waals surface area contributed by atoms with Crippen LogP contribution < -0.4 is 5.32 Å². The maximum Gasteiger partial charge on any atom is 0.244 e. The summed E-state index contributed by atoms with van der Waals surface area (Å²) in [4.78, 5) is 11.6. The molecule has 17 heavy (non-hydrogen) atoms. The number of nitrogens with one attached hydrogen (secondary N) is 1. The minimum absolute atomic E-state index is 0.0891. The molecule has 2 rings (SSSR count). The van der Waals surface area contributed by atoms with Gasteiger partial charge in [-0.1, -0.05) is 12.1 Å². The van der Waals surface area contributed by atoms with E-state index in [0.29, 0.717) is 5.92 Å². The lowest BCUT2D eigenvalue weighted by molar-refractivity contribution is -0.117. The second kappa shape index (κ2) is 5.13. The minimum atomic E-state index is -0.269. The van der Waals surface area contributed by atoms with Crippen molar-refractivity contribution in [3.05, 3.63) is 41.7 Å². The Hall–Kier alpha value is -1.64. The van der Waals surface area contributed by atoms with Crippen molar-refractivity contribution < 1.29 is 9.18 Å². The van der Waals surface area contributed by atoms with Crippen LogP contribution in [0.4, 0.5) is 4.39 Å². The van der Waals surface area contributed by atoms with E-state index in [4.69, 9.17) is 0 Å². The van der Waals surface area contributed by atoms with Gasteiger partial charge in [0.15, 0.2) is 0 Å². The van der Waals surface area contributed by atoms with Crippen LogP contribution in [0.15, 0.2) is 30.3 Å². The fourth-order valence-electron chi connectivity index (χ4n) is 1.73. The third-order valence-corrected chi connectivity index (χ3v) is 3.00. The van der Waals surface area contributed by atoms with Crippen molar-refractivity contribution in [1.82, 2.24) is 5.32 Å². The van der Waals surface area contributed by atoms with Gasteiger partial charge in [-0.05, 0) is 49.5 Å². The average Bonchev–Trinajstić information content (AvgIpc) is 3.12. The van der Waals surface area contributed by atoms with E-state index in [1.807, 2.05) is 6.92 Å². The molecule has 0 saturated heterocycles. The Morgan fingerprint density at radius 1 is 1.41 bits per heavy atom. The molecule has 1 fully saturated rings. The molecule has 0 spiro atoms. The van der Waals surface area contributed by atoms with Gasteiger partial charge in [0.2, 0.25) is 5.91 Å². The molecular weight excluding hydrogens is 217 g/mol. The second-order valence-electron chi connectivity index (χ2n) is 4.52. The molecule has 1 aliphatic rings. The van der Waals surface area contributed by atoms with Crippen molar-refractivity contribution in [1.29, 1.82) is 0 Å². The standard InChI is InChI=1S/C14H16FNO/c1-10(12-5-6-12)16-14(17)9-4-11-2-7-13(15)8-3-11/h2-4,7-10,12H,5-6H2,1H3,(H,16,17). The number of carbonyl (C=O) groups excluding carboxylic acids is 1. The van der Waals surface area contributed by atoms with E-state index < -0.39 is 0 Å². The number of amides is 1. The number of hydrogen-bond donors (Lipinski definition) is 1. The first-order valence-electron chi connectivity index (χ1n) is 5.89. The number of benzene rings is 1. The monoisotopic (exact) mass is 233 g/mol. The van der Waals surface area contributed by atoms with Crippen molar-refractivity contribution in [3.8, 4) is 0 Å². The van der Waals surface area contributed by atoms with E-state index in [0.717, 1.165) is 5.56 Å². The van der Waals surface area contributed by atoms with Crippen LogP contribution in [0.3, 0.4) is 0 Å². The van der Waals surface area contributed by atoms with Gasteiger partial charge >= 0.3 is 0 Å². The Bertz CT molecular complexity index is 420. The van der Waals surface area contributed by atoms with Crippen molar-refractivity contribution in [2.45, 2.75) is 25.8 Å². The molecule has 0 radical (unpaired) electrons. The molecule has 1 saturated carbocycles. The molecule has 1 aliphatic carbocycles. The lowest BCUT2D eigenvalue weighted by atomic mass is 10.2. The SMILES string of the molecule is CC(NC(=O)C=Cc1ccc(F)cc1)C1CC1. The molecule has 1 aromatic carbocycles. The third-order valence-electron chi connectivity index (χ3n) is 3.00. The van der Waals surface area contributed by atoms with Crippen LogP contribution >= 0.6 is 0 Å². The topological polar surface area (TPSA) is 29.1 Å². The summed E-state index contributed by atoms with van der Waals surface area (Å²) in [7, 11) is 0. The minimum Gasteiger partial charge on any atom is -0.350 e. The molecule has 3 heteroatoms. The van der Waals surface area contributed by atoms with Gasteiger partial charge in [0.05, 0.1) is 0 Å². The summed E-state index contributed by atoms with van der Waals surface area (Å²) in [5, 5.41) is 2.92. The summed E-state index contributed by atoms with van der Waals surface area (Å²) in [6.45, 7) is 2.03. The van der Waals surface area contributed by atoms with Gasteiger partial charge < -0.3 is 5.32 Å². The number of rotatable bonds is 4. The van der Waals surface area contributed by atoms with Gasteiger partial charge in [-0.15, -0.1) is 0 Å². The molecule has 90 valence electrons. The average molecular weight is 233 g/mol. The quantitative estimate of drug-likeness (QED) is 0.796. The molecule has 2 nitrogen and oxygen atoms in total. The summed E-state index contributed by atoms with van der Waals surface area (Å²) < 4.78 is 12.6. The highest BCUT2D eigenvalue weighted by atomic mass is 19.1. The van der Waals surface area contributed by atoms with Gasteiger partial charge in [-0.3, -0.25) is 4.79 Å². The summed E-state index contributed by atoms with van der Waals surface area (Å²) in [5.41, 5.74) is 0.820. The first-order valence-corrected chi connectivity index (χ1v) is 5.89. The highest BCUT2D eigenvalue weighted by Gasteiger charge is 2.28. The van der Waals surface area contributed by atoms with Gasteiger partial charge in [-0.2, -0.15) is 0 Å². The smallest absolute Gasteiger partial charge is 0.244 e. The molecular formula is C14H16FNO. The van der Waals surface area contributed by atoms with Crippen LogP contribution in [-0.2, 0) is 4.79 Å². The number of hydrogen-bond acceptors (Lipinski definition) is 1. The van der Waals surface area contributed by atoms with Crippen LogP contribution in [0.2, 0.25) is 0 Å². The Morgan fingerprint density at radius 3 is 2.65 bits per heavy atom. The van der Waals surface area contributed by atoms with Crippen molar-refractivity contribution in [2.24, 2.45) is 5.92 Å².